The van der Waals surface area contributed by atoms with Crippen LogP contribution in [0, 0.1) is 13.8 Å². The van der Waals surface area contributed by atoms with E-state index in [0.717, 1.165) is 22.6 Å². The summed E-state index contributed by atoms with van der Waals surface area (Å²) in [6.45, 7) is 3.55. The maximum absolute atomic E-state index is 13.4. The number of ketones is 1. The number of alkyl halides is 3. The first-order valence-corrected chi connectivity index (χ1v) is 10.7. The molecule has 0 saturated carbocycles. The molecule has 1 saturated heterocycles. The average molecular weight is 481 g/mol. The molecule has 3 aromatic carbocycles. The van der Waals surface area contributed by atoms with Crippen molar-refractivity contribution in [2.45, 2.75) is 26.1 Å². The molecule has 1 amide bonds. The fourth-order valence-electron chi connectivity index (χ4n) is 4.27. The Balaban J connectivity index is 2.01. The number of benzene rings is 3. The number of hydrogen-bond acceptors (Lipinski definition) is 4. The molecule has 1 unspecified atom stereocenters. The van der Waals surface area contributed by atoms with Gasteiger partial charge in [0, 0.05) is 5.69 Å². The number of Topliss-reactive ketones (excluding diaryl/α,β-unsaturated/α-hetero) is 1. The van der Waals surface area contributed by atoms with Crippen molar-refractivity contribution in [1.29, 1.82) is 0 Å². The Hall–Kier alpha value is -4.07. The Morgan fingerprint density at radius 3 is 2.34 bits per heavy atom. The highest BCUT2D eigenvalue weighted by Gasteiger charge is 2.48. The van der Waals surface area contributed by atoms with Crippen LogP contribution in [0.3, 0.4) is 0 Å². The first-order valence-electron chi connectivity index (χ1n) is 10.7. The number of halogens is 3. The molecule has 8 heteroatoms. The molecular weight excluding hydrogens is 459 g/mol. The summed E-state index contributed by atoms with van der Waals surface area (Å²) >= 11 is 0. The molecule has 1 aliphatic rings. The van der Waals surface area contributed by atoms with Crippen molar-refractivity contribution in [2.24, 2.45) is 0 Å². The summed E-state index contributed by atoms with van der Waals surface area (Å²) in [6, 6.07) is 15.0. The summed E-state index contributed by atoms with van der Waals surface area (Å²) in [5, 5.41) is 11.3. The van der Waals surface area contributed by atoms with Crippen LogP contribution in [0.15, 0.2) is 72.3 Å². The molecule has 5 nitrogen and oxygen atoms in total. The van der Waals surface area contributed by atoms with Gasteiger partial charge in [0.15, 0.2) is 0 Å². The molecule has 0 spiro atoms. The number of ether oxygens (including phenoxy) is 1. The van der Waals surface area contributed by atoms with E-state index in [1.807, 2.05) is 0 Å². The maximum Gasteiger partial charge on any atom is 0.416 e. The molecule has 4 rings (SSSR count). The van der Waals surface area contributed by atoms with Gasteiger partial charge in [-0.1, -0.05) is 42.0 Å². The zero-order valence-corrected chi connectivity index (χ0v) is 19.2. The molecular formula is C27H22F3NO4. The molecule has 0 aliphatic carbocycles. The fraction of sp³-hybridized carbons (Fsp3) is 0.185. The van der Waals surface area contributed by atoms with E-state index in [4.69, 9.17) is 4.74 Å². The van der Waals surface area contributed by atoms with Gasteiger partial charge in [-0.3, -0.25) is 14.5 Å². The molecule has 180 valence electrons. The Kier molecular flexibility index (Phi) is 6.15. The van der Waals surface area contributed by atoms with Gasteiger partial charge < -0.3 is 9.84 Å². The van der Waals surface area contributed by atoms with Crippen LogP contribution in [0.1, 0.15) is 33.9 Å². The van der Waals surface area contributed by atoms with Crippen molar-refractivity contribution in [1.82, 2.24) is 0 Å². The van der Waals surface area contributed by atoms with Gasteiger partial charge in [-0.15, -0.1) is 0 Å². The number of aliphatic hydroxyl groups excluding tert-OH is 1. The summed E-state index contributed by atoms with van der Waals surface area (Å²) in [5.74, 6) is -2.23. The number of hydrogen-bond donors (Lipinski definition) is 1. The van der Waals surface area contributed by atoms with Gasteiger partial charge in [0.25, 0.3) is 11.7 Å². The molecule has 35 heavy (non-hydrogen) atoms. The smallest absolute Gasteiger partial charge is 0.416 e. The summed E-state index contributed by atoms with van der Waals surface area (Å²) in [7, 11) is 1.40. The Labute approximate surface area is 200 Å². The maximum atomic E-state index is 13.4. The summed E-state index contributed by atoms with van der Waals surface area (Å²) in [5.41, 5.74) is 0.868. The second-order valence-corrected chi connectivity index (χ2v) is 8.28. The van der Waals surface area contributed by atoms with Gasteiger partial charge in [0.1, 0.15) is 11.5 Å². The molecule has 0 bridgehead atoms. The SMILES string of the molecule is COc1ccc(C)cc1/C(O)=C1\C(=O)C(=O)N(c2cccc(C(F)(F)F)c2)C1c1ccccc1C. The summed E-state index contributed by atoms with van der Waals surface area (Å²) < 4.78 is 45.6. The quantitative estimate of drug-likeness (QED) is 0.284. The number of carbonyl (C=O) groups is 2. The Morgan fingerprint density at radius 2 is 1.69 bits per heavy atom. The predicted octanol–water partition coefficient (Wildman–Crippen LogP) is 5.96. The standard InChI is InChI=1S/C27H22F3NO4/c1-15-11-12-21(35-3)20(13-15)24(32)22-23(19-10-5-4-7-16(19)2)31(26(34)25(22)33)18-9-6-8-17(14-18)27(28,29)30/h4-14,23,32H,1-3H3/b24-22+. The van der Waals surface area contributed by atoms with Crippen molar-refractivity contribution in [3.63, 3.8) is 0 Å². The predicted molar refractivity (Wildman–Crippen MR) is 125 cm³/mol. The van der Waals surface area contributed by atoms with E-state index in [1.54, 1.807) is 56.3 Å². The molecule has 0 radical (unpaired) electrons. The zero-order chi connectivity index (χ0) is 25.5. The van der Waals surface area contributed by atoms with Gasteiger partial charge in [-0.05, 0) is 55.3 Å². The highest BCUT2D eigenvalue weighted by Crippen LogP contribution is 2.45. The van der Waals surface area contributed by atoms with Crippen molar-refractivity contribution < 1.29 is 32.6 Å². The van der Waals surface area contributed by atoms with Crippen molar-refractivity contribution in [3.8, 4) is 5.75 Å². The minimum atomic E-state index is -4.64. The van der Waals surface area contributed by atoms with Gasteiger partial charge in [-0.2, -0.15) is 13.2 Å². The van der Waals surface area contributed by atoms with Crippen LogP contribution in [0.2, 0.25) is 0 Å². The van der Waals surface area contributed by atoms with Crippen molar-refractivity contribution in [2.75, 3.05) is 12.0 Å². The lowest BCUT2D eigenvalue weighted by Gasteiger charge is -2.27. The molecule has 1 fully saturated rings. The number of aliphatic hydroxyl groups is 1. The number of amides is 1. The minimum absolute atomic E-state index is 0.106. The zero-order valence-electron chi connectivity index (χ0n) is 19.2. The van der Waals surface area contributed by atoms with E-state index < -0.39 is 35.2 Å². The van der Waals surface area contributed by atoms with Crippen LogP contribution in [0.25, 0.3) is 5.76 Å². The van der Waals surface area contributed by atoms with Gasteiger partial charge >= 0.3 is 6.18 Å². The first-order chi connectivity index (χ1) is 16.5. The number of anilines is 1. The third-order valence-corrected chi connectivity index (χ3v) is 5.99. The Morgan fingerprint density at radius 1 is 0.971 bits per heavy atom. The van der Waals surface area contributed by atoms with Gasteiger partial charge in [-0.25, -0.2) is 0 Å². The van der Waals surface area contributed by atoms with Gasteiger partial charge in [0.2, 0.25) is 0 Å². The second kappa shape index (κ2) is 8.94. The number of aryl methyl sites for hydroxylation is 2. The number of rotatable bonds is 4. The van der Waals surface area contributed by atoms with E-state index in [0.29, 0.717) is 11.1 Å². The normalized spacial score (nSPS) is 17.7. The molecule has 1 N–H and O–H groups in total. The van der Waals surface area contributed by atoms with E-state index in [2.05, 4.69) is 0 Å². The van der Waals surface area contributed by atoms with Crippen LogP contribution in [-0.4, -0.2) is 23.9 Å². The van der Waals surface area contributed by atoms with E-state index in [9.17, 15) is 27.9 Å². The largest absolute Gasteiger partial charge is 0.507 e. The summed E-state index contributed by atoms with van der Waals surface area (Å²) in [4.78, 5) is 27.5. The average Bonchev–Trinajstić information content (AvgIpc) is 3.08. The van der Waals surface area contributed by atoms with Crippen LogP contribution < -0.4 is 9.64 Å². The number of nitrogens with zero attached hydrogens (tertiary/aromatic N) is 1. The lowest BCUT2D eigenvalue weighted by molar-refractivity contribution is -0.137. The lowest BCUT2D eigenvalue weighted by Crippen LogP contribution is -2.30. The van der Waals surface area contributed by atoms with Crippen LogP contribution >= 0.6 is 0 Å². The number of methoxy groups -OCH3 is 1. The Bertz CT molecular complexity index is 1360. The highest BCUT2D eigenvalue weighted by molar-refractivity contribution is 6.51. The van der Waals surface area contributed by atoms with Crippen molar-refractivity contribution >= 4 is 23.1 Å². The van der Waals surface area contributed by atoms with Gasteiger partial charge in [0.05, 0.1) is 29.9 Å². The van der Waals surface area contributed by atoms with Crippen LogP contribution in [0.4, 0.5) is 18.9 Å². The molecule has 0 aromatic heterocycles. The summed E-state index contributed by atoms with van der Waals surface area (Å²) in [6.07, 6.45) is -4.64. The molecule has 1 atom stereocenters. The van der Waals surface area contributed by atoms with E-state index in [1.165, 1.54) is 19.2 Å². The molecule has 3 aromatic rings. The van der Waals surface area contributed by atoms with E-state index in [-0.39, 0.29) is 22.6 Å². The number of carbonyl (C=O) groups excluding carboxylic acids is 2. The third-order valence-electron chi connectivity index (χ3n) is 5.99. The van der Waals surface area contributed by atoms with Crippen LogP contribution in [-0.2, 0) is 15.8 Å². The second-order valence-electron chi connectivity index (χ2n) is 8.28. The minimum Gasteiger partial charge on any atom is -0.507 e. The third kappa shape index (κ3) is 4.27. The van der Waals surface area contributed by atoms with E-state index >= 15 is 0 Å². The molecule has 1 aliphatic heterocycles. The highest BCUT2D eigenvalue weighted by atomic mass is 19.4. The van der Waals surface area contributed by atoms with Crippen LogP contribution in [0.5, 0.6) is 5.75 Å². The monoisotopic (exact) mass is 481 g/mol. The van der Waals surface area contributed by atoms with Crippen molar-refractivity contribution in [3.05, 3.63) is 100 Å². The lowest BCUT2D eigenvalue weighted by atomic mass is 9.92. The fourth-order valence-corrected chi connectivity index (χ4v) is 4.27. The molecule has 1 heterocycles. The topological polar surface area (TPSA) is 66.8 Å². The first kappa shape index (κ1) is 24.1.